The Hall–Kier alpha value is -2.55. The first-order valence-electron chi connectivity index (χ1n) is 10.1. The van der Waals surface area contributed by atoms with Crippen molar-refractivity contribution in [3.05, 3.63) is 101 Å². The minimum atomic E-state index is -0.191. The molecule has 28 heavy (non-hydrogen) atoms. The Kier molecular flexibility index (Phi) is 5.52. The Balaban J connectivity index is 1.59. The van der Waals surface area contributed by atoms with Crippen LogP contribution in [0.1, 0.15) is 47.9 Å². The molecule has 0 saturated carbocycles. The minimum absolute atomic E-state index is 0.0826. The van der Waals surface area contributed by atoms with Crippen LogP contribution < -0.4 is 0 Å². The van der Waals surface area contributed by atoms with Gasteiger partial charge in [-0.3, -0.25) is 4.98 Å². The van der Waals surface area contributed by atoms with Gasteiger partial charge in [0, 0.05) is 12.4 Å². The molecule has 0 fully saturated rings. The quantitative estimate of drug-likeness (QED) is 0.498. The Morgan fingerprint density at radius 2 is 1.36 bits per heavy atom. The summed E-state index contributed by atoms with van der Waals surface area (Å²) in [7, 11) is 0. The Labute approximate surface area is 165 Å². The molecule has 1 aromatic heterocycles. The summed E-state index contributed by atoms with van der Waals surface area (Å²) < 4.78 is 26.5. The molecule has 3 aromatic rings. The lowest BCUT2D eigenvalue weighted by atomic mass is 9.65. The Morgan fingerprint density at radius 1 is 0.786 bits per heavy atom. The number of rotatable bonds is 6. The van der Waals surface area contributed by atoms with E-state index in [-0.39, 0.29) is 17.0 Å². The Bertz CT molecular complexity index is 867. The topological polar surface area (TPSA) is 12.9 Å². The highest BCUT2D eigenvalue weighted by Gasteiger charge is 2.35. The van der Waals surface area contributed by atoms with E-state index in [0.717, 1.165) is 44.9 Å². The van der Waals surface area contributed by atoms with Crippen LogP contribution in [-0.4, -0.2) is 4.98 Å². The molecule has 0 atom stereocenters. The highest BCUT2D eigenvalue weighted by molar-refractivity contribution is 5.35. The van der Waals surface area contributed by atoms with Crippen LogP contribution in [0.15, 0.2) is 67.0 Å². The molecule has 1 heterocycles. The van der Waals surface area contributed by atoms with Crippen molar-refractivity contribution in [3.63, 3.8) is 0 Å². The fourth-order valence-corrected chi connectivity index (χ4v) is 4.61. The maximum Gasteiger partial charge on any atom is 0.123 e. The average molecular weight is 377 g/mol. The van der Waals surface area contributed by atoms with Gasteiger partial charge in [-0.05, 0) is 103 Å². The van der Waals surface area contributed by atoms with E-state index < -0.39 is 0 Å². The second-order valence-electron chi connectivity index (χ2n) is 7.92. The second kappa shape index (κ2) is 8.22. The third-order valence-electron chi connectivity index (χ3n) is 6.19. The van der Waals surface area contributed by atoms with Crippen LogP contribution in [0.2, 0.25) is 0 Å². The molecule has 0 N–H and O–H groups in total. The monoisotopic (exact) mass is 377 g/mol. The summed E-state index contributed by atoms with van der Waals surface area (Å²) in [5.74, 6) is -0.382. The van der Waals surface area contributed by atoms with Crippen LogP contribution in [0.5, 0.6) is 0 Å². The van der Waals surface area contributed by atoms with Crippen LogP contribution in [-0.2, 0) is 24.7 Å². The predicted molar refractivity (Wildman–Crippen MR) is 108 cm³/mol. The summed E-state index contributed by atoms with van der Waals surface area (Å²) >= 11 is 0. The predicted octanol–water partition coefficient (Wildman–Crippen LogP) is 6.20. The van der Waals surface area contributed by atoms with Gasteiger partial charge < -0.3 is 0 Å². The Morgan fingerprint density at radius 3 is 1.93 bits per heavy atom. The third-order valence-corrected chi connectivity index (χ3v) is 6.19. The van der Waals surface area contributed by atoms with Gasteiger partial charge in [0.2, 0.25) is 0 Å². The summed E-state index contributed by atoms with van der Waals surface area (Å²) in [6, 6.07) is 15.9. The number of aromatic nitrogens is 1. The molecular formula is C25H25F2N. The first-order chi connectivity index (χ1) is 13.6. The van der Waals surface area contributed by atoms with Crippen LogP contribution in [0.25, 0.3) is 0 Å². The van der Waals surface area contributed by atoms with Gasteiger partial charge in [-0.25, -0.2) is 8.78 Å². The van der Waals surface area contributed by atoms with Crippen molar-refractivity contribution in [1.29, 1.82) is 0 Å². The smallest absolute Gasteiger partial charge is 0.123 e. The van der Waals surface area contributed by atoms with E-state index in [1.807, 2.05) is 36.7 Å². The zero-order valence-corrected chi connectivity index (χ0v) is 16.0. The summed E-state index contributed by atoms with van der Waals surface area (Å²) in [6.07, 6.45) is 11.2. The molecule has 0 saturated heterocycles. The molecular weight excluding hydrogens is 352 g/mol. The number of hydrogen-bond donors (Lipinski definition) is 0. The van der Waals surface area contributed by atoms with Crippen LogP contribution >= 0.6 is 0 Å². The highest BCUT2D eigenvalue weighted by atomic mass is 19.1. The summed E-state index contributed by atoms with van der Waals surface area (Å²) in [5, 5.41) is 0. The fraction of sp³-hybridized carbons (Fsp3) is 0.320. The van der Waals surface area contributed by atoms with E-state index in [9.17, 15) is 8.78 Å². The van der Waals surface area contributed by atoms with Crippen molar-refractivity contribution in [2.75, 3.05) is 0 Å². The van der Waals surface area contributed by atoms with Crippen molar-refractivity contribution in [2.45, 2.75) is 50.4 Å². The molecule has 0 spiro atoms. The number of benzene rings is 2. The van der Waals surface area contributed by atoms with E-state index in [1.54, 1.807) is 24.3 Å². The fourth-order valence-electron chi connectivity index (χ4n) is 4.61. The lowest BCUT2D eigenvalue weighted by Crippen LogP contribution is -2.32. The number of nitrogens with zero attached hydrogens (tertiary/aromatic N) is 1. The first-order valence-corrected chi connectivity index (χ1v) is 10.1. The van der Waals surface area contributed by atoms with Gasteiger partial charge in [0.25, 0.3) is 0 Å². The zero-order valence-electron chi connectivity index (χ0n) is 16.0. The second-order valence-corrected chi connectivity index (χ2v) is 7.92. The number of hydrogen-bond acceptors (Lipinski definition) is 1. The lowest BCUT2D eigenvalue weighted by Gasteiger charge is -2.40. The molecule has 4 rings (SSSR count). The van der Waals surface area contributed by atoms with Crippen LogP contribution in [0.3, 0.4) is 0 Å². The van der Waals surface area contributed by atoms with Crippen LogP contribution in [0.4, 0.5) is 8.78 Å². The van der Waals surface area contributed by atoms with Crippen molar-refractivity contribution in [2.24, 2.45) is 0 Å². The normalized spacial score (nSPS) is 15.2. The van der Waals surface area contributed by atoms with Gasteiger partial charge in [0.1, 0.15) is 11.6 Å². The van der Waals surface area contributed by atoms with E-state index in [2.05, 4.69) is 11.1 Å². The van der Waals surface area contributed by atoms with Gasteiger partial charge in [-0.15, -0.1) is 0 Å². The van der Waals surface area contributed by atoms with E-state index in [0.29, 0.717) is 0 Å². The van der Waals surface area contributed by atoms with E-state index in [4.69, 9.17) is 0 Å². The average Bonchev–Trinajstić information content (AvgIpc) is 2.73. The van der Waals surface area contributed by atoms with Crippen molar-refractivity contribution in [3.8, 4) is 0 Å². The molecule has 1 nitrogen and oxygen atoms in total. The largest absolute Gasteiger partial charge is 0.264 e. The summed E-state index contributed by atoms with van der Waals surface area (Å²) in [6.45, 7) is 0. The molecule has 0 bridgehead atoms. The van der Waals surface area contributed by atoms with E-state index >= 15 is 0 Å². The summed E-state index contributed by atoms with van der Waals surface area (Å²) in [5.41, 5.74) is 5.19. The maximum absolute atomic E-state index is 13.3. The number of pyridine rings is 1. The molecule has 144 valence electrons. The van der Waals surface area contributed by atoms with E-state index in [1.165, 1.54) is 22.3 Å². The van der Waals surface area contributed by atoms with Gasteiger partial charge >= 0.3 is 0 Å². The molecule has 3 heteroatoms. The first kappa shape index (κ1) is 18.8. The number of fused-ring (bicyclic) bond motifs is 1. The molecule has 1 aliphatic carbocycles. The standard InChI is InChI=1S/C25H25F2N/c26-22-7-3-19(4-8-22)11-15-25(16-12-20-5-9-23(27)10-6-20)14-1-2-21-18-28-17-13-24(21)25/h3-10,13,17-18H,1-2,11-12,14-16H2. The number of aryl methyl sites for hydroxylation is 3. The molecule has 0 radical (unpaired) electrons. The molecule has 0 unspecified atom stereocenters. The zero-order chi connectivity index (χ0) is 19.4. The maximum atomic E-state index is 13.3. The van der Waals surface area contributed by atoms with Crippen molar-refractivity contribution < 1.29 is 8.78 Å². The van der Waals surface area contributed by atoms with Crippen molar-refractivity contribution >= 4 is 0 Å². The lowest BCUT2D eigenvalue weighted by molar-refractivity contribution is 0.310. The molecule has 1 aliphatic rings. The number of halogens is 2. The molecule has 0 aliphatic heterocycles. The highest BCUT2D eigenvalue weighted by Crippen LogP contribution is 2.44. The van der Waals surface area contributed by atoms with Crippen molar-refractivity contribution in [1.82, 2.24) is 4.98 Å². The minimum Gasteiger partial charge on any atom is -0.264 e. The van der Waals surface area contributed by atoms with Gasteiger partial charge in [-0.1, -0.05) is 24.3 Å². The molecule has 2 aromatic carbocycles. The molecule has 0 amide bonds. The van der Waals surface area contributed by atoms with Crippen LogP contribution in [0, 0.1) is 11.6 Å². The third kappa shape index (κ3) is 4.14. The van der Waals surface area contributed by atoms with Gasteiger partial charge in [0.05, 0.1) is 0 Å². The SMILES string of the molecule is Fc1ccc(CCC2(CCc3ccc(F)cc3)CCCc3cnccc32)cc1. The van der Waals surface area contributed by atoms with Gasteiger partial charge in [0.15, 0.2) is 0 Å². The van der Waals surface area contributed by atoms with Gasteiger partial charge in [-0.2, -0.15) is 0 Å². The summed E-state index contributed by atoms with van der Waals surface area (Å²) in [4.78, 5) is 4.34.